The molecule has 0 spiro atoms. The summed E-state index contributed by atoms with van der Waals surface area (Å²) in [5.41, 5.74) is 1.39. The first-order chi connectivity index (χ1) is 12.7. The molecule has 2 aliphatic rings. The summed E-state index contributed by atoms with van der Waals surface area (Å²) in [6, 6.07) is 6.22. The summed E-state index contributed by atoms with van der Waals surface area (Å²) in [6.07, 6.45) is 15.3. The molecule has 2 fully saturated rings. The molecule has 0 aliphatic heterocycles. The van der Waals surface area contributed by atoms with Gasteiger partial charge in [-0.25, -0.2) is 0 Å². The van der Waals surface area contributed by atoms with Gasteiger partial charge in [0, 0.05) is 13.7 Å². The molecule has 0 bridgehead atoms. The molecule has 1 aromatic carbocycles. The van der Waals surface area contributed by atoms with E-state index < -0.39 is 0 Å². The van der Waals surface area contributed by atoms with E-state index in [9.17, 15) is 0 Å². The Morgan fingerprint density at radius 1 is 0.846 bits per heavy atom. The number of hydrogen-bond acceptors (Lipinski definition) is 1. The Kier molecular flexibility index (Phi) is 8.15. The second-order valence-electron chi connectivity index (χ2n) is 8.55. The molecule has 26 heavy (non-hydrogen) atoms. The third kappa shape index (κ3) is 5.63. The van der Waals surface area contributed by atoms with Gasteiger partial charge in [-0.2, -0.15) is 0 Å². The molecule has 3 heteroatoms. The van der Waals surface area contributed by atoms with Crippen molar-refractivity contribution in [3.63, 3.8) is 0 Å². The van der Waals surface area contributed by atoms with Gasteiger partial charge in [0.25, 0.3) is 0 Å². The zero-order valence-electron chi connectivity index (χ0n) is 16.2. The molecule has 1 aromatic rings. The molecule has 2 aliphatic carbocycles. The lowest BCUT2D eigenvalue weighted by atomic mass is 9.68. The van der Waals surface area contributed by atoms with Gasteiger partial charge >= 0.3 is 0 Å². The van der Waals surface area contributed by atoms with Crippen molar-refractivity contribution >= 4 is 23.2 Å². The number of benzene rings is 1. The summed E-state index contributed by atoms with van der Waals surface area (Å²) in [6.45, 7) is 0.928. The predicted molar refractivity (Wildman–Crippen MR) is 112 cm³/mol. The van der Waals surface area contributed by atoms with Crippen LogP contribution in [-0.4, -0.2) is 13.7 Å². The van der Waals surface area contributed by atoms with Gasteiger partial charge in [-0.15, -0.1) is 0 Å². The largest absolute Gasteiger partial charge is 0.385 e. The van der Waals surface area contributed by atoms with Crippen molar-refractivity contribution in [2.24, 2.45) is 17.8 Å². The highest BCUT2D eigenvalue weighted by Crippen LogP contribution is 2.45. The molecule has 0 N–H and O–H groups in total. The molecule has 0 heterocycles. The number of methoxy groups -OCH3 is 1. The first-order valence-corrected chi connectivity index (χ1v) is 11.4. The fourth-order valence-electron chi connectivity index (χ4n) is 5.32. The van der Waals surface area contributed by atoms with E-state index in [1.54, 1.807) is 0 Å². The summed E-state index contributed by atoms with van der Waals surface area (Å²) in [4.78, 5) is 0. The summed E-state index contributed by atoms with van der Waals surface area (Å²) in [5, 5.41) is 1.37. The highest BCUT2D eigenvalue weighted by Gasteiger charge is 2.31. The van der Waals surface area contributed by atoms with Crippen LogP contribution in [0, 0.1) is 17.8 Å². The summed E-state index contributed by atoms with van der Waals surface area (Å²) in [5.74, 6) is 3.61. The number of hydrogen-bond donors (Lipinski definition) is 0. The lowest BCUT2D eigenvalue weighted by Gasteiger charge is -2.38. The second-order valence-corrected chi connectivity index (χ2v) is 9.37. The molecule has 0 radical (unpaired) electrons. The molecule has 146 valence electrons. The van der Waals surface area contributed by atoms with E-state index >= 15 is 0 Å². The van der Waals surface area contributed by atoms with E-state index in [-0.39, 0.29) is 0 Å². The molecule has 0 unspecified atom stereocenters. The average molecular weight is 397 g/mol. The van der Waals surface area contributed by atoms with Crippen molar-refractivity contribution < 1.29 is 4.74 Å². The van der Waals surface area contributed by atoms with Crippen LogP contribution in [0.25, 0.3) is 0 Å². The zero-order chi connectivity index (χ0) is 18.4. The first-order valence-electron chi connectivity index (χ1n) is 10.6. The Labute approximate surface area is 169 Å². The van der Waals surface area contributed by atoms with E-state index in [2.05, 4.69) is 12.1 Å². The van der Waals surface area contributed by atoms with E-state index in [0.29, 0.717) is 16.0 Å². The number of unbranched alkanes of at least 4 members (excludes halogenated alkanes) is 1. The molecule has 1 nitrogen and oxygen atoms in total. The summed E-state index contributed by atoms with van der Waals surface area (Å²) >= 11 is 12.3. The summed E-state index contributed by atoms with van der Waals surface area (Å²) in [7, 11) is 1.81. The van der Waals surface area contributed by atoms with Crippen molar-refractivity contribution in [2.45, 2.75) is 76.5 Å². The lowest BCUT2D eigenvalue weighted by Crippen LogP contribution is -2.25. The molecular weight excluding hydrogens is 363 g/mol. The Bertz CT molecular complexity index is 543. The highest BCUT2D eigenvalue weighted by molar-refractivity contribution is 6.42. The Hall–Kier alpha value is -0.240. The average Bonchev–Trinajstić information content (AvgIpc) is 2.68. The second kappa shape index (κ2) is 10.3. The van der Waals surface area contributed by atoms with E-state index in [0.717, 1.165) is 24.4 Å². The van der Waals surface area contributed by atoms with Crippen LogP contribution in [0.5, 0.6) is 0 Å². The standard InChI is InChI=1S/C23H34Cl2O/c1-26-15-3-2-4-17-5-7-18(8-6-17)19-9-11-20(12-10-19)21-13-14-22(24)23(25)16-21/h13-14,16-20H,2-12,15H2,1H3. The zero-order valence-corrected chi connectivity index (χ0v) is 17.7. The van der Waals surface area contributed by atoms with Gasteiger partial charge in [-0.05, 0) is 86.3 Å². The maximum absolute atomic E-state index is 6.21. The third-order valence-electron chi connectivity index (χ3n) is 6.96. The van der Waals surface area contributed by atoms with E-state index in [4.69, 9.17) is 27.9 Å². The molecule has 0 aromatic heterocycles. The quantitative estimate of drug-likeness (QED) is 0.425. The minimum Gasteiger partial charge on any atom is -0.385 e. The fraction of sp³-hybridized carbons (Fsp3) is 0.739. The molecule has 3 rings (SSSR count). The van der Waals surface area contributed by atoms with Crippen molar-refractivity contribution in [1.29, 1.82) is 0 Å². The minimum absolute atomic E-state index is 0.670. The first kappa shape index (κ1) is 20.5. The summed E-state index contributed by atoms with van der Waals surface area (Å²) < 4.78 is 5.17. The Morgan fingerprint density at radius 2 is 1.50 bits per heavy atom. The van der Waals surface area contributed by atoms with Crippen LogP contribution in [-0.2, 0) is 4.74 Å². The van der Waals surface area contributed by atoms with Crippen LogP contribution in [0.4, 0.5) is 0 Å². The van der Waals surface area contributed by atoms with E-state index in [1.165, 1.54) is 76.2 Å². The fourth-order valence-corrected chi connectivity index (χ4v) is 5.62. The van der Waals surface area contributed by atoms with Crippen molar-refractivity contribution in [3.05, 3.63) is 33.8 Å². The highest BCUT2D eigenvalue weighted by atomic mass is 35.5. The molecule has 0 atom stereocenters. The Balaban J connectivity index is 1.39. The van der Waals surface area contributed by atoms with Gasteiger partial charge in [0.05, 0.1) is 10.0 Å². The van der Waals surface area contributed by atoms with E-state index in [1.807, 2.05) is 13.2 Å². The van der Waals surface area contributed by atoms with Crippen molar-refractivity contribution in [2.75, 3.05) is 13.7 Å². The van der Waals surface area contributed by atoms with Gasteiger partial charge < -0.3 is 4.74 Å². The molecule has 2 saturated carbocycles. The predicted octanol–water partition coefficient (Wildman–Crippen LogP) is 7.89. The topological polar surface area (TPSA) is 9.23 Å². The maximum atomic E-state index is 6.21. The van der Waals surface area contributed by atoms with Gasteiger partial charge in [0.1, 0.15) is 0 Å². The lowest BCUT2D eigenvalue weighted by molar-refractivity contribution is 0.151. The Morgan fingerprint density at radius 3 is 2.12 bits per heavy atom. The number of halogens is 2. The molecule has 0 amide bonds. The van der Waals surface area contributed by atoms with Crippen molar-refractivity contribution in [1.82, 2.24) is 0 Å². The SMILES string of the molecule is COCCCCC1CCC(C2CCC(c3ccc(Cl)c(Cl)c3)CC2)CC1. The van der Waals surface area contributed by atoms with Crippen molar-refractivity contribution in [3.8, 4) is 0 Å². The van der Waals surface area contributed by atoms with Crippen LogP contribution in [0.15, 0.2) is 18.2 Å². The number of ether oxygens (including phenoxy) is 1. The minimum atomic E-state index is 0.670. The van der Waals surface area contributed by atoms with Crippen LogP contribution in [0.2, 0.25) is 10.0 Å². The van der Waals surface area contributed by atoms with Crippen LogP contribution < -0.4 is 0 Å². The van der Waals surface area contributed by atoms with Gasteiger partial charge in [-0.1, -0.05) is 55.0 Å². The molecular formula is C23H34Cl2O. The van der Waals surface area contributed by atoms with Crippen LogP contribution in [0.3, 0.4) is 0 Å². The molecule has 0 saturated heterocycles. The van der Waals surface area contributed by atoms with Crippen LogP contribution in [0.1, 0.15) is 82.1 Å². The normalized spacial score (nSPS) is 29.7. The number of rotatable bonds is 7. The maximum Gasteiger partial charge on any atom is 0.0595 e. The van der Waals surface area contributed by atoms with Gasteiger partial charge in [0.15, 0.2) is 0 Å². The monoisotopic (exact) mass is 396 g/mol. The third-order valence-corrected chi connectivity index (χ3v) is 7.69. The smallest absolute Gasteiger partial charge is 0.0595 e. The van der Waals surface area contributed by atoms with Gasteiger partial charge in [0.2, 0.25) is 0 Å². The van der Waals surface area contributed by atoms with Crippen LogP contribution >= 0.6 is 23.2 Å². The van der Waals surface area contributed by atoms with Gasteiger partial charge in [-0.3, -0.25) is 0 Å².